The second-order valence-electron chi connectivity index (χ2n) is 5.28. The average Bonchev–Trinajstić information content (AvgIpc) is 3.13. The third kappa shape index (κ3) is 4.50. The van der Waals surface area contributed by atoms with Gasteiger partial charge in [-0.25, -0.2) is 4.98 Å². The van der Waals surface area contributed by atoms with Crippen LogP contribution >= 0.6 is 24.4 Å². The van der Waals surface area contributed by atoms with E-state index in [-0.39, 0.29) is 0 Å². The lowest BCUT2D eigenvalue weighted by molar-refractivity contribution is 0.398. The second-order valence-corrected chi connectivity index (χ2v) is 5.93. The van der Waals surface area contributed by atoms with Gasteiger partial charge in [-0.2, -0.15) is 0 Å². The molecule has 0 aliphatic heterocycles. The van der Waals surface area contributed by atoms with Gasteiger partial charge in [-0.05, 0) is 61.3 Å². The summed E-state index contributed by atoms with van der Waals surface area (Å²) in [6.45, 7) is 0. The zero-order chi connectivity index (χ0) is 18.2. The lowest BCUT2D eigenvalue weighted by atomic mass is 9.98. The molecule has 0 amide bonds. The highest BCUT2D eigenvalue weighted by molar-refractivity contribution is 7.81. The first-order chi connectivity index (χ1) is 12.2. The molecule has 1 aliphatic carbocycles. The van der Waals surface area contributed by atoms with Crippen molar-refractivity contribution in [3.05, 3.63) is 41.6 Å². The fourth-order valence-electron chi connectivity index (χ4n) is 2.94. The summed E-state index contributed by atoms with van der Waals surface area (Å²) < 4.78 is 5.24. The number of ether oxygens (including phenoxy) is 1. The number of nitrogens with zero attached hydrogens (tertiary/aromatic N) is 1. The summed E-state index contributed by atoms with van der Waals surface area (Å²) in [5.74, 6) is 0.591. The Balaban J connectivity index is 0.00000109. The summed E-state index contributed by atoms with van der Waals surface area (Å²) in [6.07, 6.45) is 5.07. The number of thiocarbonyl (C=S) groups is 2. The fourth-order valence-corrected chi connectivity index (χ4v) is 3.29. The van der Waals surface area contributed by atoms with Crippen LogP contribution in [0.25, 0.3) is 11.1 Å². The highest BCUT2D eigenvalue weighted by Crippen LogP contribution is 2.38. The Hall–Kier alpha value is -2.09. The zero-order valence-electron chi connectivity index (χ0n) is 14.3. The number of aryl methyl sites for hydroxylation is 1. The molecule has 0 spiro atoms. The van der Waals surface area contributed by atoms with Crippen molar-refractivity contribution in [1.29, 1.82) is 0 Å². The van der Waals surface area contributed by atoms with Crippen LogP contribution in [0, 0.1) is 0 Å². The Morgan fingerprint density at radius 2 is 2.08 bits per heavy atom. The summed E-state index contributed by atoms with van der Waals surface area (Å²) in [6, 6.07) is 8.23. The Bertz CT molecular complexity index is 765. The van der Waals surface area contributed by atoms with Crippen LogP contribution in [0.5, 0.6) is 5.88 Å². The molecule has 132 valence electrons. The summed E-state index contributed by atoms with van der Waals surface area (Å²) in [4.78, 5) is 4.18. The summed E-state index contributed by atoms with van der Waals surface area (Å²) in [5, 5.41) is 6.67. The number of methoxy groups -OCH3 is 1. The van der Waals surface area contributed by atoms with Gasteiger partial charge in [0.2, 0.25) is 5.88 Å². The maximum absolute atomic E-state index is 5.31. The Morgan fingerprint density at radius 3 is 2.80 bits per heavy atom. The Morgan fingerprint density at radius 1 is 1.28 bits per heavy atom. The lowest BCUT2D eigenvalue weighted by Gasteiger charge is -2.17. The highest BCUT2D eigenvalue weighted by atomic mass is 32.1. The molecule has 3 rings (SSSR count). The molecule has 5 nitrogen and oxygen atoms in total. The van der Waals surface area contributed by atoms with Crippen molar-refractivity contribution in [2.24, 2.45) is 5.73 Å². The number of nitrogens with one attached hydrogen (secondary N) is 2. The number of benzene rings is 1. The topological polar surface area (TPSA) is 72.2 Å². The first-order valence-electron chi connectivity index (χ1n) is 7.97. The third-order valence-corrected chi connectivity index (χ3v) is 4.30. The smallest absolute Gasteiger partial charge is 0.213 e. The van der Waals surface area contributed by atoms with E-state index in [1.54, 1.807) is 13.3 Å². The number of aromatic nitrogens is 1. The van der Waals surface area contributed by atoms with Crippen molar-refractivity contribution < 1.29 is 4.74 Å². The predicted molar refractivity (Wildman–Crippen MR) is 111 cm³/mol. The molecule has 0 saturated heterocycles. The van der Waals surface area contributed by atoms with E-state index >= 15 is 0 Å². The molecule has 0 saturated carbocycles. The molecule has 0 bridgehead atoms. The molecule has 1 aliphatic rings. The van der Waals surface area contributed by atoms with E-state index in [9.17, 15) is 0 Å². The maximum atomic E-state index is 5.31. The molecule has 0 radical (unpaired) electrons. The van der Waals surface area contributed by atoms with Gasteiger partial charge in [-0.1, -0.05) is 24.4 Å². The van der Waals surface area contributed by atoms with Crippen LogP contribution in [-0.2, 0) is 12.8 Å². The van der Waals surface area contributed by atoms with E-state index in [4.69, 9.17) is 29.2 Å². The second kappa shape index (κ2) is 9.41. The minimum absolute atomic E-state index is 0.502. The van der Waals surface area contributed by atoms with Crippen LogP contribution in [0.2, 0.25) is 0 Å². The van der Waals surface area contributed by atoms with Crippen LogP contribution in [0.3, 0.4) is 0 Å². The van der Waals surface area contributed by atoms with Crippen molar-refractivity contribution >= 4 is 40.7 Å². The monoisotopic (exact) mass is 374 g/mol. The van der Waals surface area contributed by atoms with Gasteiger partial charge in [-0.15, -0.1) is 0 Å². The van der Waals surface area contributed by atoms with E-state index in [0.29, 0.717) is 11.0 Å². The van der Waals surface area contributed by atoms with Crippen molar-refractivity contribution in [3.8, 4) is 17.0 Å². The van der Waals surface area contributed by atoms with Gasteiger partial charge in [0.25, 0.3) is 0 Å². The number of anilines is 1. The molecule has 1 aromatic carbocycles. The van der Waals surface area contributed by atoms with Gasteiger partial charge < -0.3 is 21.1 Å². The lowest BCUT2D eigenvalue weighted by Crippen LogP contribution is -2.27. The van der Waals surface area contributed by atoms with E-state index in [1.807, 2.05) is 12.1 Å². The van der Waals surface area contributed by atoms with Crippen LogP contribution in [0.15, 0.2) is 30.5 Å². The summed E-state index contributed by atoms with van der Waals surface area (Å²) >= 11 is 10.1. The summed E-state index contributed by atoms with van der Waals surface area (Å²) in [5.41, 5.74) is 11.8. The molecule has 2 aromatic rings. The number of nitrogens with two attached hydrogens (primary N) is 1. The Kier molecular flexibility index (Phi) is 7.24. The van der Waals surface area contributed by atoms with Gasteiger partial charge in [0.05, 0.1) is 18.3 Å². The van der Waals surface area contributed by atoms with Crippen molar-refractivity contribution in [2.45, 2.75) is 19.3 Å². The van der Waals surface area contributed by atoms with Crippen LogP contribution in [0.1, 0.15) is 17.5 Å². The van der Waals surface area contributed by atoms with Crippen molar-refractivity contribution in [3.63, 3.8) is 0 Å². The molecule has 4 N–H and O–H groups in total. The molecule has 7 heteroatoms. The zero-order valence-corrected chi connectivity index (χ0v) is 16.0. The minimum atomic E-state index is 0.502. The number of rotatable bonds is 4. The van der Waals surface area contributed by atoms with Crippen molar-refractivity contribution in [1.82, 2.24) is 10.3 Å². The van der Waals surface area contributed by atoms with Gasteiger partial charge in [0.15, 0.2) is 5.11 Å². The quantitative estimate of drug-likeness (QED) is 0.710. The molecular formula is C18H22N4OS2. The van der Waals surface area contributed by atoms with Gasteiger partial charge in [-0.3, -0.25) is 0 Å². The van der Waals surface area contributed by atoms with E-state index in [1.165, 1.54) is 30.1 Å². The average molecular weight is 375 g/mol. The molecule has 25 heavy (non-hydrogen) atoms. The highest BCUT2D eigenvalue weighted by Gasteiger charge is 2.19. The first kappa shape index (κ1) is 19.2. The minimum Gasteiger partial charge on any atom is -0.481 e. The fraction of sp³-hybridized carbons (Fsp3) is 0.278. The molecule has 0 fully saturated rings. The standard InChI is InChI=1S/C17H17N3OS2.CH5N/c1-21-15-9-12(7-8-18-15)14-6-5-11-3-2-4-13(11)16(14)20-17(23)19-10-22;1-2/h5-10H,2-4H2,1H3,(H2,19,20,22,23);2H2,1H3. The number of hydrogen-bond acceptors (Lipinski definition) is 5. The Labute approximate surface area is 159 Å². The number of fused-ring (bicyclic) bond motifs is 1. The van der Waals surface area contributed by atoms with Gasteiger partial charge in [0, 0.05) is 17.8 Å². The van der Waals surface area contributed by atoms with Crippen LogP contribution in [-0.4, -0.2) is 29.7 Å². The molecule has 0 unspecified atom stereocenters. The maximum Gasteiger partial charge on any atom is 0.213 e. The van der Waals surface area contributed by atoms with Gasteiger partial charge >= 0.3 is 0 Å². The normalized spacial score (nSPS) is 11.6. The first-order valence-corrected chi connectivity index (χ1v) is 8.85. The van der Waals surface area contributed by atoms with Crippen LogP contribution < -0.4 is 21.1 Å². The molecule has 1 heterocycles. The molecular weight excluding hydrogens is 352 g/mol. The SMILES string of the molecule is CN.COc1cc(-c2ccc3c(c2NC(=S)NC=S)CCC3)ccn1. The van der Waals surface area contributed by atoms with E-state index in [0.717, 1.165) is 29.7 Å². The van der Waals surface area contributed by atoms with Gasteiger partial charge in [0.1, 0.15) is 0 Å². The van der Waals surface area contributed by atoms with Crippen molar-refractivity contribution in [2.75, 3.05) is 19.5 Å². The predicted octanol–water partition coefficient (Wildman–Crippen LogP) is 3.06. The third-order valence-electron chi connectivity index (χ3n) is 3.97. The molecule has 1 aromatic heterocycles. The largest absolute Gasteiger partial charge is 0.481 e. The number of pyridine rings is 1. The number of hydrogen-bond donors (Lipinski definition) is 3. The van der Waals surface area contributed by atoms with E-state index in [2.05, 4.69) is 33.5 Å². The van der Waals surface area contributed by atoms with E-state index < -0.39 is 0 Å². The summed E-state index contributed by atoms with van der Waals surface area (Å²) in [7, 11) is 3.12. The molecule has 0 atom stereocenters. The van der Waals surface area contributed by atoms with Crippen LogP contribution in [0.4, 0.5) is 5.69 Å².